The van der Waals surface area contributed by atoms with E-state index < -0.39 is 4.92 Å². The zero-order valence-corrected chi connectivity index (χ0v) is 13.2. The van der Waals surface area contributed by atoms with E-state index in [1.54, 1.807) is 12.1 Å². The fourth-order valence-corrected chi connectivity index (χ4v) is 2.60. The maximum absolute atomic E-state index is 12.2. The molecule has 2 N–H and O–H groups in total. The number of amides is 1. The number of nitro groups is 1. The summed E-state index contributed by atoms with van der Waals surface area (Å²) in [5.41, 5.74) is 0.361. The lowest BCUT2D eigenvalue weighted by Gasteiger charge is -2.31. The number of nitro benzene ring substituents is 1. The van der Waals surface area contributed by atoms with Crippen LogP contribution in [0.4, 0.5) is 11.4 Å². The summed E-state index contributed by atoms with van der Waals surface area (Å²) in [5.74, 6) is -0.159. The molecule has 114 valence electrons. The Balaban J connectivity index is 2.05. The first kappa shape index (κ1) is 15.9. The molecule has 1 aromatic carbocycles. The predicted octanol–water partition coefficient (Wildman–Crippen LogP) is 1.59. The van der Waals surface area contributed by atoms with Gasteiger partial charge in [-0.05, 0) is 35.0 Å². The number of benzene rings is 1. The molecule has 1 unspecified atom stereocenters. The van der Waals surface area contributed by atoms with Gasteiger partial charge in [0.1, 0.15) is 0 Å². The van der Waals surface area contributed by atoms with Crippen molar-refractivity contribution in [3.05, 3.63) is 32.8 Å². The van der Waals surface area contributed by atoms with Gasteiger partial charge in [-0.15, -0.1) is 0 Å². The lowest BCUT2D eigenvalue weighted by molar-refractivity contribution is -0.385. The predicted molar refractivity (Wildman–Crippen MR) is 83.3 cm³/mol. The number of rotatable bonds is 4. The number of hydrogen-bond donors (Lipinski definition) is 2. The maximum atomic E-state index is 12.2. The number of carbonyl (C=O) groups is 1. The molecule has 0 bridgehead atoms. The Morgan fingerprint density at radius 1 is 1.48 bits per heavy atom. The Morgan fingerprint density at radius 3 is 2.76 bits per heavy atom. The van der Waals surface area contributed by atoms with E-state index >= 15 is 0 Å². The van der Waals surface area contributed by atoms with E-state index in [4.69, 9.17) is 0 Å². The highest BCUT2D eigenvalue weighted by Crippen LogP contribution is 2.27. The average Bonchev–Trinajstić information content (AvgIpc) is 2.49. The lowest BCUT2D eigenvalue weighted by Crippen LogP contribution is -2.51. The average molecular weight is 357 g/mol. The third-order valence-corrected chi connectivity index (χ3v) is 4.16. The van der Waals surface area contributed by atoms with Crippen LogP contribution >= 0.6 is 15.9 Å². The third kappa shape index (κ3) is 3.99. The number of hydrogen-bond acceptors (Lipinski definition) is 5. The normalized spacial score (nSPS) is 17.2. The molecule has 2 rings (SSSR count). The van der Waals surface area contributed by atoms with Gasteiger partial charge in [0.15, 0.2) is 0 Å². The van der Waals surface area contributed by atoms with E-state index in [9.17, 15) is 14.9 Å². The van der Waals surface area contributed by atoms with Crippen LogP contribution in [0.15, 0.2) is 22.7 Å². The number of anilines is 1. The summed E-state index contributed by atoms with van der Waals surface area (Å²) in [7, 11) is 0. The fraction of sp³-hybridized carbons (Fsp3) is 0.462. The largest absolute Gasteiger partial charge is 0.324 e. The molecule has 0 radical (unpaired) electrons. The van der Waals surface area contributed by atoms with Gasteiger partial charge in [-0.25, -0.2) is 0 Å². The SMILES string of the molecule is CC(C(=O)Nc1ccc(Br)c([N+](=O)[O-])c1)N1CCNCC1. The van der Waals surface area contributed by atoms with Crippen LogP contribution in [0.5, 0.6) is 0 Å². The van der Waals surface area contributed by atoms with Gasteiger partial charge in [-0.2, -0.15) is 0 Å². The van der Waals surface area contributed by atoms with Crippen molar-refractivity contribution in [3.63, 3.8) is 0 Å². The highest BCUT2D eigenvalue weighted by molar-refractivity contribution is 9.10. The molecule has 1 aliphatic rings. The van der Waals surface area contributed by atoms with E-state index in [-0.39, 0.29) is 17.6 Å². The van der Waals surface area contributed by atoms with Crippen LogP contribution in [-0.2, 0) is 4.79 Å². The summed E-state index contributed by atoms with van der Waals surface area (Å²) in [6, 6.07) is 4.28. The first-order valence-electron chi connectivity index (χ1n) is 6.68. The van der Waals surface area contributed by atoms with Gasteiger partial charge in [0.25, 0.3) is 5.69 Å². The molecule has 1 aliphatic heterocycles. The van der Waals surface area contributed by atoms with Crippen molar-refractivity contribution >= 4 is 33.2 Å². The van der Waals surface area contributed by atoms with Crippen LogP contribution in [-0.4, -0.2) is 48.0 Å². The van der Waals surface area contributed by atoms with Gasteiger partial charge >= 0.3 is 0 Å². The summed E-state index contributed by atoms with van der Waals surface area (Å²) in [6.45, 7) is 5.20. The minimum Gasteiger partial charge on any atom is -0.324 e. The Kier molecular flexibility index (Phi) is 5.27. The number of nitrogens with one attached hydrogen (secondary N) is 2. The summed E-state index contributed by atoms with van der Waals surface area (Å²) >= 11 is 3.12. The second kappa shape index (κ2) is 6.97. The highest BCUT2D eigenvalue weighted by atomic mass is 79.9. The van der Waals surface area contributed by atoms with Crippen LogP contribution in [0.2, 0.25) is 0 Å². The lowest BCUT2D eigenvalue weighted by atomic mass is 10.2. The van der Waals surface area contributed by atoms with E-state index in [1.807, 2.05) is 6.92 Å². The van der Waals surface area contributed by atoms with Gasteiger partial charge in [-0.1, -0.05) is 0 Å². The molecule has 0 aromatic heterocycles. The number of piperazine rings is 1. The molecule has 1 fully saturated rings. The molecular weight excluding hydrogens is 340 g/mol. The van der Waals surface area contributed by atoms with Gasteiger partial charge in [0.05, 0.1) is 15.4 Å². The van der Waals surface area contributed by atoms with E-state index in [2.05, 4.69) is 31.5 Å². The Labute approximate surface area is 131 Å². The van der Waals surface area contributed by atoms with Crippen molar-refractivity contribution in [3.8, 4) is 0 Å². The van der Waals surface area contributed by atoms with Crippen molar-refractivity contribution in [2.45, 2.75) is 13.0 Å². The molecule has 21 heavy (non-hydrogen) atoms. The molecular formula is C13H17BrN4O3. The Hall–Kier alpha value is -1.51. The maximum Gasteiger partial charge on any atom is 0.285 e. The summed E-state index contributed by atoms with van der Waals surface area (Å²) in [5, 5.41) is 16.9. The van der Waals surface area contributed by atoms with Gasteiger partial charge in [0.2, 0.25) is 5.91 Å². The minimum absolute atomic E-state index is 0.0670. The minimum atomic E-state index is -0.487. The number of carbonyl (C=O) groups excluding carboxylic acids is 1. The van der Waals surface area contributed by atoms with Crippen molar-refractivity contribution in [1.29, 1.82) is 0 Å². The number of nitrogens with zero attached hydrogens (tertiary/aromatic N) is 2. The molecule has 1 heterocycles. The third-order valence-electron chi connectivity index (χ3n) is 3.49. The van der Waals surface area contributed by atoms with Crippen molar-refractivity contribution < 1.29 is 9.72 Å². The first-order chi connectivity index (χ1) is 9.99. The second-order valence-corrected chi connectivity index (χ2v) is 5.73. The molecule has 1 amide bonds. The number of halogens is 1. The highest BCUT2D eigenvalue weighted by Gasteiger charge is 2.23. The molecule has 1 saturated heterocycles. The van der Waals surface area contributed by atoms with Gasteiger partial charge < -0.3 is 10.6 Å². The standard InChI is InChI=1S/C13H17BrN4O3/c1-9(17-6-4-15-5-7-17)13(19)16-10-2-3-11(14)12(8-10)18(20)21/h2-3,8-9,15H,4-7H2,1H3,(H,16,19). The molecule has 0 spiro atoms. The molecule has 7 nitrogen and oxygen atoms in total. The monoisotopic (exact) mass is 356 g/mol. The van der Waals surface area contributed by atoms with Crippen molar-refractivity contribution in [2.75, 3.05) is 31.5 Å². The first-order valence-corrected chi connectivity index (χ1v) is 7.48. The van der Waals surface area contributed by atoms with E-state index in [1.165, 1.54) is 6.07 Å². The topological polar surface area (TPSA) is 87.5 Å². The molecule has 0 aliphatic carbocycles. The Bertz CT molecular complexity index is 546. The Morgan fingerprint density at radius 2 is 2.14 bits per heavy atom. The summed E-state index contributed by atoms with van der Waals surface area (Å²) in [6.07, 6.45) is 0. The zero-order valence-electron chi connectivity index (χ0n) is 11.6. The van der Waals surface area contributed by atoms with Crippen LogP contribution in [0.1, 0.15) is 6.92 Å². The fourth-order valence-electron chi connectivity index (χ4n) is 2.21. The van der Waals surface area contributed by atoms with E-state index in [0.29, 0.717) is 10.2 Å². The second-order valence-electron chi connectivity index (χ2n) is 4.87. The molecule has 1 aromatic rings. The summed E-state index contributed by atoms with van der Waals surface area (Å²) in [4.78, 5) is 24.7. The van der Waals surface area contributed by atoms with Crippen molar-refractivity contribution in [2.24, 2.45) is 0 Å². The van der Waals surface area contributed by atoms with Gasteiger partial charge in [-0.3, -0.25) is 19.8 Å². The van der Waals surface area contributed by atoms with Crippen LogP contribution in [0.25, 0.3) is 0 Å². The van der Waals surface area contributed by atoms with Crippen molar-refractivity contribution in [1.82, 2.24) is 10.2 Å². The van der Waals surface area contributed by atoms with Crippen LogP contribution < -0.4 is 10.6 Å². The quantitative estimate of drug-likeness (QED) is 0.631. The zero-order chi connectivity index (χ0) is 15.4. The van der Waals surface area contributed by atoms with Gasteiger partial charge in [0, 0.05) is 37.9 Å². The van der Waals surface area contributed by atoms with Crippen LogP contribution in [0, 0.1) is 10.1 Å². The van der Waals surface area contributed by atoms with Crippen LogP contribution in [0.3, 0.4) is 0 Å². The molecule has 0 saturated carbocycles. The summed E-state index contributed by atoms with van der Waals surface area (Å²) < 4.78 is 0.389. The smallest absolute Gasteiger partial charge is 0.285 e. The van der Waals surface area contributed by atoms with E-state index in [0.717, 1.165) is 26.2 Å². The molecule has 8 heteroatoms. The molecule has 1 atom stereocenters.